The Morgan fingerprint density at radius 2 is 2.12 bits per heavy atom. The molecule has 0 spiro atoms. The second kappa shape index (κ2) is 5.06. The zero-order valence-corrected chi connectivity index (χ0v) is 10.7. The summed E-state index contributed by atoms with van der Waals surface area (Å²) in [5.74, 6) is 0. The summed E-state index contributed by atoms with van der Waals surface area (Å²) in [5, 5.41) is 1.35. The predicted molar refractivity (Wildman–Crippen MR) is 70.9 cm³/mol. The molecule has 0 radical (unpaired) electrons. The summed E-state index contributed by atoms with van der Waals surface area (Å²) in [6, 6.07) is 2.02. The highest BCUT2D eigenvalue weighted by Crippen LogP contribution is 2.29. The smallest absolute Gasteiger partial charge is 0.0599 e. The van der Waals surface area contributed by atoms with Crippen LogP contribution in [0.15, 0.2) is 18.5 Å². The standard InChI is InChI=1S/C12H19N3S/c1-9-7-15(8-10(2)16-9)12-6-14-4-3-11(12)5-13/h3-4,6,9-10H,5,7-8,13H2,1-2H3. The van der Waals surface area contributed by atoms with E-state index >= 15 is 0 Å². The van der Waals surface area contributed by atoms with Crippen LogP contribution in [0.25, 0.3) is 0 Å². The number of rotatable bonds is 2. The highest BCUT2D eigenvalue weighted by atomic mass is 32.2. The van der Waals surface area contributed by atoms with Gasteiger partial charge >= 0.3 is 0 Å². The summed E-state index contributed by atoms with van der Waals surface area (Å²) in [7, 11) is 0. The number of thioether (sulfide) groups is 1. The molecular formula is C12H19N3S. The first kappa shape index (κ1) is 11.7. The Kier molecular flexibility index (Phi) is 3.71. The Balaban J connectivity index is 2.22. The molecule has 0 aromatic carbocycles. The number of hydrogen-bond acceptors (Lipinski definition) is 4. The zero-order valence-electron chi connectivity index (χ0n) is 9.89. The summed E-state index contributed by atoms with van der Waals surface area (Å²) < 4.78 is 0. The maximum absolute atomic E-state index is 5.77. The van der Waals surface area contributed by atoms with E-state index in [0.29, 0.717) is 17.0 Å². The quantitative estimate of drug-likeness (QED) is 0.852. The molecule has 2 heterocycles. The van der Waals surface area contributed by atoms with Crippen molar-refractivity contribution in [1.82, 2.24) is 4.98 Å². The van der Waals surface area contributed by atoms with Gasteiger partial charge < -0.3 is 10.6 Å². The van der Waals surface area contributed by atoms with Crippen molar-refractivity contribution in [2.75, 3.05) is 18.0 Å². The highest BCUT2D eigenvalue weighted by Gasteiger charge is 2.23. The van der Waals surface area contributed by atoms with E-state index in [1.165, 1.54) is 11.3 Å². The number of nitrogens with zero attached hydrogens (tertiary/aromatic N) is 2. The summed E-state index contributed by atoms with van der Waals surface area (Å²) in [6.45, 7) is 7.34. The van der Waals surface area contributed by atoms with Crippen molar-refractivity contribution < 1.29 is 0 Å². The topological polar surface area (TPSA) is 42.2 Å². The number of hydrogen-bond donors (Lipinski definition) is 1. The van der Waals surface area contributed by atoms with Gasteiger partial charge in [-0.25, -0.2) is 0 Å². The SMILES string of the molecule is CC1CN(c2cnccc2CN)CC(C)S1. The summed E-state index contributed by atoms with van der Waals surface area (Å²) in [5.41, 5.74) is 8.17. The van der Waals surface area contributed by atoms with Crippen LogP contribution in [-0.4, -0.2) is 28.6 Å². The fourth-order valence-electron chi connectivity index (χ4n) is 2.25. The van der Waals surface area contributed by atoms with Crippen LogP contribution in [0.2, 0.25) is 0 Å². The fourth-order valence-corrected chi connectivity index (χ4v) is 3.57. The third-order valence-electron chi connectivity index (χ3n) is 2.87. The van der Waals surface area contributed by atoms with Crippen LogP contribution >= 0.6 is 11.8 Å². The molecule has 88 valence electrons. The molecule has 1 aliphatic heterocycles. The maximum Gasteiger partial charge on any atom is 0.0599 e. The molecule has 1 aromatic rings. The minimum atomic E-state index is 0.588. The molecule has 0 saturated carbocycles. The molecule has 0 aliphatic carbocycles. The van der Waals surface area contributed by atoms with E-state index in [2.05, 4.69) is 35.5 Å². The van der Waals surface area contributed by atoms with Gasteiger partial charge in [-0.2, -0.15) is 11.8 Å². The normalized spacial score (nSPS) is 25.8. The molecule has 1 saturated heterocycles. The average molecular weight is 237 g/mol. The second-order valence-corrected chi connectivity index (χ2v) is 6.25. The van der Waals surface area contributed by atoms with Crippen molar-refractivity contribution >= 4 is 17.4 Å². The maximum atomic E-state index is 5.77. The molecule has 2 atom stereocenters. The van der Waals surface area contributed by atoms with E-state index < -0.39 is 0 Å². The van der Waals surface area contributed by atoms with E-state index in [1.807, 2.05) is 18.5 Å². The lowest BCUT2D eigenvalue weighted by Gasteiger charge is -2.36. The van der Waals surface area contributed by atoms with Crippen LogP contribution in [0.5, 0.6) is 0 Å². The Hall–Kier alpha value is -0.740. The average Bonchev–Trinajstić information content (AvgIpc) is 2.27. The molecule has 2 rings (SSSR count). The second-order valence-electron chi connectivity index (χ2n) is 4.37. The summed E-state index contributed by atoms with van der Waals surface area (Å²) in [4.78, 5) is 6.63. The molecular weight excluding hydrogens is 218 g/mol. The molecule has 3 nitrogen and oxygen atoms in total. The van der Waals surface area contributed by atoms with Gasteiger partial charge in [-0.05, 0) is 11.6 Å². The van der Waals surface area contributed by atoms with Gasteiger partial charge in [-0.3, -0.25) is 4.98 Å². The van der Waals surface area contributed by atoms with Crippen LogP contribution in [0.3, 0.4) is 0 Å². The molecule has 0 bridgehead atoms. The largest absolute Gasteiger partial charge is 0.368 e. The van der Waals surface area contributed by atoms with Gasteiger partial charge in [0.05, 0.1) is 11.9 Å². The van der Waals surface area contributed by atoms with E-state index in [4.69, 9.17) is 5.73 Å². The summed E-state index contributed by atoms with van der Waals surface area (Å²) in [6.07, 6.45) is 3.76. The Morgan fingerprint density at radius 3 is 2.75 bits per heavy atom. The van der Waals surface area contributed by atoms with Gasteiger partial charge in [0.25, 0.3) is 0 Å². The van der Waals surface area contributed by atoms with E-state index in [-0.39, 0.29) is 0 Å². The van der Waals surface area contributed by atoms with E-state index in [0.717, 1.165) is 13.1 Å². The molecule has 0 amide bonds. The molecule has 1 aromatic heterocycles. The van der Waals surface area contributed by atoms with Crippen molar-refractivity contribution in [3.8, 4) is 0 Å². The van der Waals surface area contributed by atoms with Crippen LogP contribution < -0.4 is 10.6 Å². The van der Waals surface area contributed by atoms with Crippen molar-refractivity contribution in [3.63, 3.8) is 0 Å². The van der Waals surface area contributed by atoms with Gasteiger partial charge in [0, 0.05) is 36.3 Å². The summed E-state index contributed by atoms with van der Waals surface area (Å²) >= 11 is 2.06. The van der Waals surface area contributed by atoms with Crippen molar-refractivity contribution in [2.24, 2.45) is 5.73 Å². The number of nitrogens with two attached hydrogens (primary N) is 1. The van der Waals surface area contributed by atoms with E-state index in [1.54, 1.807) is 0 Å². The molecule has 1 aliphatic rings. The van der Waals surface area contributed by atoms with Gasteiger partial charge in [0.1, 0.15) is 0 Å². The van der Waals surface area contributed by atoms with Crippen LogP contribution in [0.1, 0.15) is 19.4 Å². The van der Waals surface area contributed by atoms with Crippen LogP contribution in [0, 0.1) is 0 Å². The minimum Gasteiger partial charge on any atom is -0.368 e. The number of pyridine rings is 1. The van der Waals surface area contributed by atoms with Crippen molar-refractivity contribution in [2.45, 2.75) is 30.9 Å². The molecule has 2 N–H and O–H groups in total. The fraction of sp³-hybridized carbons (Fsp3) is 0.583. The number of anilines is 1. The zero-order chi connectivity index (χ0) is 11.5. The van der Waals surface area contributed by atoms with Crippen LogP contribution in [0.4, 0.5) is 5.69 Å². The first-order valence-electron chi connectivity index (χ1n) is 5.74. The monoisotopic (exact) mass is 237 g/mol. The lowest BCUT2D eigenvalue weighted by Crippen LogP contribution is -2.41. The molecule has 2 unspecified atom stereocenters. The Morgan fingerprint density at radius 1 is 1.44 bits per heavy atom. The van der Waals surface area contributed by atoms with Gasteiger partial charge in [-0.1, -0.05) is 13.8 Å². The molecule has 1 fully saturated rings. The predicted octanol–water partition coefficient (Wildman–Crippen LogP) is 1.87. The van der Waals surface area contributed by atoms with Gasteiger partial charge in [0.15, 0.2) is 0 Å². The van der Waals surface area contributed by atoms with Crippen LogP contribution in [-0.2, 0) is 6.54 Å². The lowest BCUT2D eigenvalue weighted by atomic mass is 10.2. The van der Waals surface area contributed by atoms with Crippen molar-refractivity contribution in [1.29, 1.82) is 0 Å². The van der Waals surface area contributed by atoms with E-state index in [9.17, 15) is 0 Å². The van der Waals surface area contributed by atoms with Gasteiger partial charge in [-0.15, -0.1) is 0 Å². The Bertz CT molecular complexity index is 346. The Labute approximate surface area is 101 Å². The first-order chi connectivity index (χ1) is 7.70. The highest BCUT2D eigenvalue weighted by molar-refractivity contribution is 8.00. The van der Waals surface area contributed by atoms with Gasteiger partial charge in [0.2, 0.25) is 0 Å². The molecule has 16 heavy (non-hydrogen) atoms. The first-order valence-corrected chi connectivity index (χ1v) is 6.68. The minimum absolute atomic E-state index is 0.588. The molecule has 4 heteroatoms. The third kappa shape index (κ3) is 2.50. The van der Waals surface area contributed by atoms with Crippen molar-refractivity contribution in [3.05, 3.63) is 24.0 Å². The lowest BCUT2D eigenvalue weighted by molar-refractivity contribution is 0.722. The number of aromatic nitrogens is 1. The third-order valence-corrected chi connectivity index (χ3v) is 4.10.